The monoisotopic (exact) mass is 1050 g/mol. The van der Waals surface area contributed by atoms with Crippen LogP contribution >= 0.6 is 0 Å². The predicted molar refractivity (Wildman–Crippen MR) is 325 cm³/mol. The van der Waals surface area contributed by atoms with Gasteiger partial charge >= 0.3 is 17.9 Å². The van der Waals surface area contributed by atoms with Gasteiger partial charge in [0.2, 0.25) is 0 Å². The van der Waals surface area contributed by atoms with Crippen molar-refractivity contribution in [2.24, 2.45) is 0 Å². The number of hydrogen-bond acceptors (Lipinski definition) is 6. The molecule has 0 aromatic carbocycles. The first-order valence-corrected chi connectivity index (χ1v) is 33.1. The van der Waals surface area contributed by atoms with Crippen LogP contribution in [0, 0.1) is 0 Å². The molecule has 0 N–H and O–H groups in total. The Hall–Kier alpha value is -2.63. The Bertz CT molecular complexity index is 1300. The molecule has 0 radical (unpaired) electrons. The minimum Gasteiger partial charge on any atom is -0.462 e. The highest BCUT2D eigenvalue weighted by Crippen LogP contribution is 2.17. The zero-order valence-electron chi connectivity index (χ0n) is 50.3. The molecule has 0 saturated heterocycles. The largest absolute Gasteiger partial charge is 0.462 e. The molecular weight excluding hydrogens is 925 g/mol. The third kappa shape index (κ3) is 62.1. The maximum Gasteiger partial charge on any atom is 0.306 e. The summed E-state index contributed by atoms with van der Waals surface area (Å²) in [5.74, 6) is -0.866. The van der Waals surface area contributed by atoms with E-state index in [0.717, 1.165) is 77.0 Å². The summed E-state index contributed by atoms with van der Waals surface area (Å²) >= 11 is 0. The molecule has 0 unspecified atom stereocenters. The molecule has 0 aliphatic carbocycles. The van der Waals surface area contributed by atoms with Crippen LogP contribution in [0.5, 0.6) is 0 Å². The van der Waals surface area contributed by atoms with Gasteiger partial charge in [-0.05, 0) is 83.5 Å². The summed E-state index contributed by atoms with van der Waals surface area (Å²) in [6.45, 7) is 6.66. The van der Waals surface area contributed by atoms with Crippen LogP contribution in [0.2, 0.25) is 0 Å². The normalized spacial score (nSPS) is 12.3. The predicted octanol–water partition coefficient (Wildman–Crippen LogP) is 22.6. The van der Waals surface area contributed by atoms with Crippen molar-refractivity contribution in [2.75, 3.05) is 13.2 Å². The molecule has 0 saturated carbocycles. The summed E-state index contributed by atoms with van der Waals surface area (Å²) in [7, 11) is 0. The van der Waals surface area contributed by atoms with E-state index >= 15 is 0 Å². The van der Waals surface area contributed by atoms with E-state index in [4.69, 9.17) is 14.2 Å². The molecule has 0 aliphatic heterocycles. The highest BCUT2D eigenvalue weighted by atomic mass is 16.6. The Labute approximate surface area is 467 Å². The standard InChI is InChI=1S/C69H126O6/c1-4-7-10-13-16-19-22-25-28-31-34-37-40-43-46-49-52-55-58-61-67(70)73-64-66(75-69(72)63-60-57-54-51-48-45-42-39-36-33-30-27-24-21-18-15-12-9-6-3)65-74-68(71)62-59-56-53-50-47-44-41-38-35-32-29-26-23-20-17-14-11-8-5-2/h16,19,25,27-28,30,34,37,66H,4-15,17-18,20-24,26,29,31-33,35-36,38-65H2,1-3H3/b19-16-,28-25-,30-27-,37-34-/t66-/m0/s1. The molecule has 0 heterocycles. The van der Waals surface area contributed by atoms with Crippen LogP contribution in [-0.2, 0) is 28.6 Å². The second-order valence-corrected chi connectivity index (χ2v) is 22.4. The van der Waals surface area contributed by atoms with Gasteiger partial charge in [0, 0.05) is 19.3 Å². The summed E-state index contributed by atoms with van der Waals surface area (Å²) in [6.07, 6.45) is 79.7. The SMILES string of the molecule is CCCCC/C=C\C/C=C\C/C=C\CCCCCCCCC(=O)OC[C@@H](COC(=O)CCCCCCCCCCCCCCCCCCCCC)OC(=O)CCCCCCCCCCC/C=C\CCCCCCCC. The number of rotatable bonds is 61. The summed E-state index contributed by atoms with van der Waals surface area (Å²) in [4.78, 5) is 38.4. The van der Waals surface area contributed by atoms with Crippen molar-refractivity contribution >= 4 is 17.9 Å². The first-order chi connectivity index (χ1) is 37.0. The van der Waals surface area contributed by atoms with Crippen molar-refractivity contribution < 1.29 is 28.6 Å². The minimum absolute atomic E-state index is 0.0742. The zero-order chi connectivity index (χ0) is 54.3. The van der Waals surface area contributed by atoms with Gasteiger partial charge in [0.15, 0.2) is 6.10 Å². The Kier molecular flexibility index (Phi) is 61.7. The second kappa shape index (κ2) is 63.9. The van der Waals surface area contributed by atoms with E-state index in [9.17, 15) is 14.4 Å². The van der Waals surface area contributed by atoms with Gasteiger partial charge in [-0.25, -0.2) is 0 Å². The van der Waals surface area contributed by atoms with Crippen molar-refractivity contribution in [3.8, 4) is 0 Å². The number of unbranched alkanes of at least 4 members (excludes halogenated alkanes) is 42. The average Bonchev–Trinajstić information content (AvgIpc) is 3.41. The van der Waals surface area contributed by atoms with Crippen LogP contribution in [0.15, 0.2) is 48.6 Å². The minimum atomic E-state index is -0.779. The van der Waals surface area contributed by atoms with Crippen molar-refractivity contribution in [3.05, 3.63) is 48.6 Å². The van der Waals surface area contributed by atoms with Gasteiger partial charge in [0.1, 0.15) is 13.2 Å². The topological polar surface area (TPSA) is 78.9 Å². The number of hydrogen-bond donors (Lipinski definition) is 0. The molecule has 75 heavy (non-hydrogen) atoms. The van der Waals surface area contributed by atoms with Gasteiger partial charge in [-0.15, -0.1) is 0 Å². The molecular formula is C69H126O6. The van der Waals surface area contributed by atoms with Crippen molar-refractivity contribution in [2.45, 2.75) is 361 Å². The Morgan fingerprint density at radius 1 is 0.267 bits per heavy atom. The Morgan fingerprint density at radius 3 is 0.787 bits per heavy atom. The molecule has 0 fully saturated rings. The molecule has 0 rings (SSSR count). The average molecular weight is 1050 g/mol. The lowest BCUT2D eigenvalue weighted by molar-refractivity contribution is -0.167. The molecule has 0 aromatic rings. The summed E-state index contributed by atoms with van der Waals surface area (Å²) in [5, 5.41) is 0. The molecule has 0 amide bonds. The third-order valence-corrected chi connectivity index (χ3v) is 14.8. The van der Waals surface area contributed by atoms with E-state index < -0.39 is 6.10 Å². The van der Waals surface area contributed by atoms with Crippen molar-refractivity contribution in [1.29, 1.82) is 0 Å². The lowest BCUT2D eigenvalue weighted by Crippen LogP contribution is -2.30. The van der Waals surface area contributed by atoms with Crippen molar-refractivity contribution in [1.82, 2.24) is 0 Å². The Balaban J connectivity index is 4.36. The molecule has 0 bridgehead atoms. The molecule has 1 atom stereocenters. The van der Waals surface area contributed by atoms with Gasteiger partial charge in [0.25, 0.3) is 0 Å². The van der Waals surface area contributed by atoms with E-state index in [-0.39, 0.29) is 31.1 Å². The first kappa shape index (κ1) is 72.4. The number of esters is 3. The highest BCUT2D eigenvalue weighted by Gasteiger charge is 2.19. The first-order valence-electron chi connectivity index (χ1n) is 33.1. The van der Waals surface area contributed by atoms with Gasteiger partial charge in [0.05, 0.1) is 0 Å². The third-order valence-electron chi connectivity index (χ3n) is 14.8. The number of ether oxygens (including phenoxy) is 3. The van der Waals surface area contributed by atoms with E-state index in [0.29, 0.717) is 19.3 Å². The van der Waals surface area contributed by atoms with Crippen LogP contribution in [0.4, 0.5) is 0 Å². The van der Waals surface area contributed by atoms with Crippen LogP contribution < -0.4 is 0 Å². The number of carbonyl (C=O) groups excluding carboxylic acids is 3. The van der Waals surface area contributed by atoms with Crippen LogP contribution in [0.3, 0.4) is 0 Å². The molecule has 0 spiro atoms. The van der Waals surface area contributed by atoms with E-state index in [2.05, 4.69) is 69.4 Å². The smallest absolute Gasteiger partial charge is 0.306 e. The van der Waals surface area contributed by atoms with Gasteiger partial charge in [-0.1, -0.05) is 301 Å². The summed E-state index contributed by atoms with van der Waals surface area (Å²) < 4.78 is 17.0. The van der Waals surface area contributed by atoms with E-state index in [1.807, 2.05) is 0 Å². The van der Waals surface area contributed by atoms with E-state index in [1.165, 1.54) is 238 Å². The molecule has 0 aliphatic rings. The Morgan fingerprint density at radius 2 is 0.480 bits per heavy atom. The van der Waals surface area contributed by atoms with Gasteiger partial charge < -0.3 is 14.2 Å². The fourth-order valence-electron chi connectivity index (χ4n) is 9.80. The lowest BCUT2D eigenvalue weighted by atomic mass is 10.0. The molecule has 6 heteroatoms. The fourth-order valence-corrected chi connectivity index (χ4v) is 9.80. The maximum atomic E-state index is 12.9. The zero-order valence-corrected chi connectivity index (χ0v) is 50.3. The number of allylic oxidation sites excluding steroid dienone is 8. The van der Waals surface area contributed by atoms with Crippen molar-refractivity contribution in [3.63, 3.8) is 0 Å². The molecule has 6 nitrogen and oxygen atoms in total. The van der Waals surface area contributed by atoms with Gasteiger partial charge in [-0.3, -0.25) is 14.4 Å². The van der Waals surface area contributed by atoms with Crippen LogP contribution in [0.25, 0.3) is 0 Å². The van der Waals surface area contributed by atoms with Crippen LogP contribution in [-0.4, -0.2) is 37.2 Å². The van der Waals surface area contributed by atoms with Gasteiger partial charge in [-0.2, -0.15) is 0 Å². The van der Waals surface area contributed by atoms with Crippen LogP contribution in [0.1, 0.15) is 355 Å². The molecule has 0 aromatic heterocycles. The summed E-state index contributed by atoms with van der Waals surface area (Å²) in [6, 6.07) is 0. The second-order valence-electron chi connectivity index (χ2n) is 22.4. The maximum absolute atomic E-state index is 12.9. The quantitative estimate of drug-likeness (QED) is 0.0261. The lowest BCUT2D eigenvalue weighted by Gasteiger charge is -2.18. The fraction of sp³-hybridized carbons (Fsp3) is 0.841. The highest BCUT2D eigenvalue weighted by molar-refractivity contribution is 5.71. The number of carbonyl (C=O) groups is 3. The summed E-state index contributed by atoms with van der Waals surface area (Å²) in [5.41, 5.74) is 0. The molecule has 438 valence electrons. The van der Waals surface area contributed by atoms with E-state index in [1.54, 1.807) is 0 Å².